The molecule has 0 fully saturated rings. The fourth-order valence-corrected chi connectivity index (χ4v) is 5.08. The van der Waals surface area contributed by atoms with E-state index in [4.69, 9.17) is 14.7 Å². The fourth-order valence-electron chi connectivity index (χ4n) is 3.99. The molecular formula is C25H28N6O3S. The molecule has 3 heterocycles. The topological polar surface area (TPSA) is 108 Å². The summed E-state index contributed by atoms with van der Waals surface area (Å²) in [6, 6.07) is 7.68. The molecule has 182 valence electrons. The number of hydrogen-bond acceptors (Lipinski definition) is 7. The van der Waals surface area contributed by atoms with Gasteiger partial charge < -0.3 is 9.30 Å². The number of thiazole rings is 1. The summed E-state index contributed by atoms with van der Waals surface area (Å²) in [5, 5.41) is 10.4. The minimum absolute atomic E-state index is 0.288. The molecule has 0 saturated carbocycles. The van der Waals surface area contributed by atoms with Crippen LogP contribution in [0.1, 0.15) is 39.0 Å². The predicted molar refractivity (Wildman–Crippen MR) is 137 cm³/mol. The lowest BCUT2D eigenvalue weighted by Gasteiger charge is -2.10. The zero-order chi connectivity index (χ0) is 25.4. The average molecular weight is 493 g/mol. The first-order valence-electron chi connectivity index (χ1n) is 11.6. The van der Waals surface area contributed by atoms with Crippen molar-refractivity contribution in [3.63, 3.8) is 0 Å². The van der Waals surface area contributed by atoms with Gasteiger partial charge in [-0.25, -0.2) is 14.8 Å². The van der Waals surface area contributed by atoms with E-state index < -0.39 is 0 Å². The number of aromatic nitrogens is 5. The third kappa shape index (κ3) is 4.17. The zero-order valence-electron chi connectivity index (χ0n) is 20.7. The molecule has 0 atom stereocenters. The summed E-state index contributed by atoms with van der Waals surface area (Å²) in [6.07, 6.45) is 0. The average Bonchev–Trinajstić information content (AvgIpc) is 3.37. The van der Waals surface area contributed by atoms with E-state index in [0.29, 0.717) is 47.4 Å². The first kappa shape index (κ1) is 24.4. The summed E-state index contributed by atoms with van der Waals surface area (Å²) in [5.41, 5.74) is 2.05. The highest BCUT2D eigenvalue weighted by atomic mass is 32.1. The van der Waals surface area contributed by atoms with E-state index in [-0.39, 0.29) is 17.8 Å². The molecule has 0 unspecified atom stereocenters. The van der Waals surface area contributed by atoms with Crippen molar-refractivity contribution >= 4 is 22.5 Å². The maximum absolute atomic E-state index is 13.1. The van der Waals surface area contributed by atoms with E-state index in [9.17, 15) is 14.9 Å². The molecule has 0 radical (unpaired) electrons. The second kappa shape index (κ2) is 9.50. The van der Waals surface area contributed by atoms with E-state index >= 15 is 0 Å². The van der Waals surface area contributed by atoms with Crippen molar-refractivity contribution < 1.29 is 4.74 Å². The van der Waals surface area contributed by atoms with Gasteiger partial charge in [0.15, 0.2) is 17.0 Å². The van der Waals surface area contributed by atoms with Gasteiger partial charge in [-0.3, -0.25) is 13.9 Å². The summed E-state index contributed by atoms with van der Waals surface area (Å²) in [4.78, 5) is 36.1. The van der Waals surface area contributed by atoms with Crippen molar-refractivity contribution in [2.24, 2.45) is 13.0 Å². The van der Waals surface area contributed by atoms with Crippen molar-refractivity contribution in [1.29, 1.82) is 5.26 Å². The molecule has 10 heteroatoms. The third-order valence-electron chi connectivity index (χ3n) is 5.79. The van der Waals surface area contributed by atoms with E-state index in [0.717, 1.165) is 21.1 Å². The summed E-state index contributed by atoms with van der Waals surface area (Å²) in [5.74, 6) is 1.48. The second-order valence-electron chi connectivity index (χ2n) is 8.70. The molecular weight excluding hydrogens is 464 g/mol. The Balaban J connectivity index is 1.84. The van der Waals surface area contributed by atoms with E-state index in [1.807, 2.05) is 19.9 Å². The van der Waals surface area contributed by atoms with Gasteiger partial charge in [0, 0.05) is 25.7 Å². The second-order valence-corrected chi connectivity index (χ2v) is 9.70. The minimum Gasteiger partial charge on any atom is -0.492 e. The summed E-state index contributed by atoms with van der Waals surface area (Å²) < 4.78 is 10.3. The van der Waals surface area contributed by atoms with Gasteiger partial charge in [0.2, 0.25) is 0 Å². The molecule has 0 aliphatic rings. The van der Waals surface area contributed by atoms with Gasteiger partial charge in [-0.1, -0.05) is 13.8 Å². The van der Waals surface area contributed by atoms with Gasteiger partial charge in [0.05, 0.1) is 22.7 Å². The lowest BCUT2D eigenvalue weighted by Crippen LogP contribution is -2.39. The van der Waals surface area contributed by atoms with E-state index in [1.54, 1.807) is 30.7 Å². The Bertz CT molecular complexity index is 1580. The van der Waals surface area contributed by atoms with Crippen molar-refractivity contribution in [3.05, 3.63) is 50.3 Å². The highest BCUT2D eigenvalue weighted by Gasteiger charge is 2.23. The molecule has 4 aromatic rings. The van der Waals surface area contributed by atoms with Gasteiger partial charge in [0.1, 0.15) is 16.8 Å². The molecule has 4 rings (SSSR count). The summed E-state index contributed by atoms with van der Waals surface area (Å²) in [7, 11) is 1.78. The lowest BCUT2D eigenvalue weighted by atomic mass is 10.1. The van der Waals surface area contributed by atoms with Crippen LogP contribution < -0.4 is 16.0 Å². The number of hydrogen-bond donors (Lipinski definition) is 0. The lowest BCUT2D eigenvalue weighted by molar-refractivity contribution is 0.270. The van der Waals surface area contributed by atoms with Gasteiger partial charge >= 0.3 is 5.69 Å². The number of rotatable bonds is 7. The van der Waals surface area contributed by atoms with Crippen LogP contribution >= 0.6 is 11.3 Å². The van der Waals surface area contributed by atoms with Crippen LogP contribution in [0, 0.1) is 24.2 Å². The first-order valence-corrected chi connectivity index (χ1v) is 12.4. The number of nitrogens with zero attached hydrogens (tertiary/aromatic N) is 6. The Labute approximate surface area is 206 Å². The maximum Gasteiger partial charge on any atom is 0.332 e. The number of fused-ring (bicyclic) bond motifs is 1. The molecule has 0 bridgehead atoms. The maximum atomic E-state index is 13.1. The molecule has 1 aromatic carbocycles. The summed E-state index contributed by atoms with van der Waals surface area (Å²) in [6.45, 7) is 10.9. The molecule has 3 aromatic heterocycles. The van der Waals surface area contributed by atoms with Crippen LogP contribution in [0.4, 0.5) is 0 Å². The molecule has 0 aliphatic heterocycles. The third-order valence-corrected chi connectivity index (χ3v) is 7.00. The van der Waals surface area contributed by atoms with Gasteiger partial charge in [-0.05, 0) is 44.9 Å². The number of imidazole rings is 1. The Morgan fingerprint density at radius 3 is 2.49 bits per heavy atom. The number of ether oxygens (including phenoxy) is 1. The molecule has 0 spiro atoms. The smallest absolute Gasteiger partial charge is 0.332 e. The molecule has 0 amide bonds. The predicted octanol–water partition coefficient (Wildman–Crippen LogP) is 3.94. The van der Waals surface area contributed by atoms with Crippen molar-refractivity contribution in [2.75, 3.05) is 6.61 Å². The van der Waals surface area contributed by atoms with Gasteiger partial charge in [-0.15, -0.1) is 11.3 Å². The number of aryl methyl sites for hydroxylation is 3. The monoisotopic (exact) mass is 492 g/mol. The number of benzene rings is 1. The van der Waals surface area contributed by atoms with Crippen LogP contribution in [0.2, 0.25) is 0 Å². The Kier molecular flexibility index (Phi) is 6.63. The molecule has 0 saturated heterocycles. The van der Waals surface area contributed by atoms with E-state index in [1.165, 1.54) is 20.5 Å². The highest BCUT2D eigenvalue weighted by molar-refractivity contribution is 7.18. The molecule has 0 N–H and O–H groups in total. The normalized spacial score (nSPS) is 11.4. The quantitative estimate of drug-likeness (QED) is 0.387. The fraction of sp³-hybridized carbons (Fsp3) is 0.400. The van der Waals surface area contributed by atoms with Crippen LogP contribution in [0.3, 0.4) is 0 Å². The van der Waals surface area contributed by atoms with Crippen molar-refractivity contribution in [2.45, 2.75) is 47.7 Å². The van der Waals surface area contributed by atoms with Crippen molar-refractivity contribution in [3.8, 4) is 33.1 Å². The standard InChI is InChI=1S/C25H28N6O3S/c1-7-30-21-19(24(32)31(8-2)25(30)33)29(6)22(28-21)20-15(5)27-23(35-20)16-9-10-18(17(11-16)12-26)34-13-14(3)4/h9-11,14H,7-8,13H2,1-6H3. The van der Waals surface area contributed by atoms with Crippen molar-refractivity contribution in [1.82, 2.24) is 23.7 Å². The van der Waals surface area contributed by atoms with E-state index in [2.05, 4.69) is 19.9 Å². The minimum atomic E-state index is -0.359. The molecule has 9 nitrogen and oxygen atoms in total. The van der Waals surface area contributed by atoms with Crippen LogP contribution in [-0.2, 0) is 20.1 Å². The van der Waals surface area contributed by atoms with Crippen LogP contribution in [0.15, 0.2) is 27.8 Å². The van der Waals surface area contributed by atoms with Gasteiger partial charge in [0.25, 0.3) is 5.56 Å². The van der Waals surface area contributed by atoms with Gasteiger partial charge in [-0.2, -0.15) is 5.26 Å². The highest BCUT2D eigenvalue weighted by Crippen LogP contribution is 2.36. The largest absolute Gasteiger partial charge is 0.492 e. The summed E-state index contributed by atoms with van der Waals surface area (Å²) >= 11 is 1.43. The Hall–Kier alpha value is -3.71. The zero-order valence-corrected chi connectivity index (χ0v) is 21.6. The van der Waals surface area contributed by atoms with Crippen LogP contribution in [0.25, 0.3) is 32.4 Å². The first-order chi connectivity index (χ1) is 16.7. The van der Waals surface area contributed by atoms with Crippen LogP contribution in [0.5, 0.6) is 5.75 Å². The molecule has 0 aliphatic carbocycles. The Morgan fingerprint density at radius 1 is 1.14 bits per heavy atom. The van der Waals surface area contributed by atoms with Crippen LogP contribution in [-0.4, -0.2) is 30.3 Å². The number of nitriles is 1. The molecule has 35 heavy (non-hydrogen) atoms. The Morgan fingerprint density at radius 2 is 1.86 bits per heavy atom. The SMILES string of the molecule is CCn1c(=O)c2c(nc(-c3sc(-c4ccc(OCC(C)C)c(C#N)c4)nc3C)n2C)n(CC)c1=O.